The van der Waals surface area contributed by atoms with Crippen LogP contribution in [0.25, 0.3) is 0 Å². The number of hydrogen-bond acceptors (Lipinski definition) is 2. The number of benzene rings is 1. The van der Waals surface area contributed by atoms with Crippen molar-refractivity contribution in [2.24, 2.45) is 0 Å². The second-order valence-electron chi connectivity index (χ2n) is 3.09. The predicted octanol–water partition coefficient (Wildman–Crippen LogP) is 3.44. The molecule has 76 valence electrons. The maximum atomic E-state index is 6.09. The molecule has 1 aromatic rings. The Kier molecular flexibility index (Phi) is 3.38. The Hall–Kier alpha value is -0.160. The zero-order valence-electron chi connectivity index (χ0n) is 7.56. The minimum absolute atomic E-state index is 0.649. The average Bonchev–Trinajstić information content (AvgIpc) is 2.42. The average molecular weight is 325 g/mol. The molecule has 14 heavy (non-hydrogen) atoms. The number of alkyl halides is 1. The van der Waals surface area contributed by atoms with Gasteiger partial charge < -0.3 is 9.47 Å². The summed E-state index contributed by atoms with van der Waals surface area (Å²) in [6.45, 7) is 1.38. The van der Waals surface area contributed by atoms with Gasteiger partial charge in [-0.3, -0.25) is 0 Å². The zero-order chi connectivity index (χ0) is 9.97. The van der Waals surface area contributed by atoms with E-state index in [1.165, 1.54) is 5.56 Å². The highest BCUT2D eigenvalue weighted by Gasteiger charge is 2.14. The molecule has 1 aliphatic heterocycles. The second-order valence-corrected chi connectivity index (χ2v) is 4.26. The quantitative estimate of drug-likeness (QED) is 0.582. The van der Waals surface area contributed by atoms with Gasteiger partial charge in [-0.1, -0.05) is 34.2 Å². The van der Waals surface area contributed by atoms with E-state index in [-0.39, 0.29) is 0 Å². The van der Waals surface area contributed by atoms with Crippen molar-refractivity contribution in [3.63, 3.8) is 0 Å². The Balaban J connectivity index is 2.43. The molecule has 0 atom stereocenters. The van der Waals surface area contributed by atoms with Crippen LogP contribution in [0.15, 0.2) is 12.1 Å². The van der Waals surface area contributed by atoms with Crippen LogP contribution in [0.3, 0.4) is 0 Å². The number of halogens is 2. The Labute approximate surface area is 102 Å². The van der Waals surface area contributed by atoms with Gasteiger partial charge in [-0.2, -0.15) is 0 Å². The van der Waals surface area contributed by atoms with Crippen LogP contribution in [0.5, 0.6) is 11.5 Å². The van der Waals surface area contributed by atoms with Crippen molar-refractivity contribution in [3.05, 3.63) is 22.7 Å². The van der Waals surface area contributed by atoms with Crippen LogP contribution in [0, 0.1) is 0 Å². The molecule has 0 spiro atoms. The first-order valence-electron chi connectivity index (χ1n) is 4.45. The summed E-state index contributed by atoms with van der Waals surface area (Å²) in [4.78, 5) is 0. The van der Waals surface area contributed by atoms with Crippen molar-refractivity contribution in [1.82, 2.24) is 0 Å². The van der Waals surface area contributed by atoms with Crippen LogP contribution >= 0.6 is 34.2 Å². The first-order chi connectivity index (χ1) is 6.81. The van der Waals surface area contributed by atoms with Crippen LogP contribution in [0.2, 0.25) is 5.02 Å². The smallest absolute Gasteiger partial charge is 0.179 e. The highest BCUT2D eigenvalue weighted by Crippen LogP contribution is 2.38. The van der Waals surface area contributed by atoms with Crippen molar-refractivity contribution in [2.45, 2.75) is 10.8 Å². The zero-order valence-corrected chi connectivity index (χ0v) is 10.5. The molecule has 0 saturated heterocycles. The summed E-state index contributed by atoms with van der Waals surface area (Å²) >= 11 is 8.39. The Bertz CT molecular complexity index is 341. The molecule has 0 fully saturated rings. The molecular weight excluding hydrogens is 314 g/mol. The maximum absolute atomic E-state index is 6.09. The van der Waals surface area contributed by atoms with E-state index in [1.807, 2.05) is 12.1 Å². The lowest BCUT2D eigenvalue weighted by Gasteiger charge is -2.10. The van der Waals surface area contributed by atoms with Gasteiger partial charge in [0.2, 0.25) is 0 Å². The third-order valence-corrected chi connectivity index (χ3v) is 3.18. The summed E-state index contributed by atoms with van der Waals surface area (Å²) < 4.78 is 12.0. The molecule has 1 aromatic carbocycles. The normalized spacial score (nSPS) is 15.0. The SMILES string of the molecule is Clc1cc(CI)cc2c1OCCCO2. The van der Waals surface area contributed by atoms with E-state index in [9.17, 15) is 0 Å². The lowest BCUT2D eigenvalue weighted by molar-refractivity contribution is 0.297. The lowest BCUT2D eigenvalue weighted by atomic mass is 10.2. The molecule has 1 aliphatic rings. The molecule has 0 bridgehead atoms. The number of fused-ring (bicyclic) bond motifs is 1. The fourth-order valence-electron chi connectivity index (χ4n) is 1.36. The predicted molar refractivity (Wildman–Crippen MR) is 64.8 cm³/mol. The van der Waals surface area contributed by atoms with E-state index in [2.05, 4.69) is 22.6 Å². The van der Waals surface area contributed by atoms with E-state index in [0.717, 1.165) is 16.6 Å². The van der Waals surface area contributed by atoms with Gasteiger partial charge >= 0.3 is 0 Å². The monoisotopic (exact) mass is 324 g/mol. The van der Waals surface area contributed by atoms with Gasteiger partial charge in [-0.25, -0.2) is 0 Å². The van der Waals surface area contributed by atoms with E-state index in [1.54, 1.807) is 0 Å². The molecule has 4 heteroatoms. The molecule has 0 radical (unpaired) electrons. The molecule has 0 saturated carbocycles. The van der Waals surface area contributed by atoms with Gasteiger partial charge in [0.05, 0.1) is 18.2 Å². The fourth-order valence-corrected chi connectivity index (χ4v) is 2.09. The van der Waals surface area contributed by atoms with Gasteiger partial charge in [-0.15, -0.1) is 0 Å². The Morgan fingerprint density at radius 1 is 1.29 bits per heavy atom. The van der Waals surface area contributed by atoms with Crippen LogP contribution < -0.4 is 9.47 Å². The molecular formula is C10H10ClIO2. The van der Waals surface area contributed by atoms with Gasteiger partial charge in [-0.05, 0) is 17.7 Å². The molecule has 0 aromatic heterocycles. The first kappa shape index (κ1) is 10.4. The summed E-state index contributed by atoms with van der Waals surface area (Å²) in [5.41, 5.74) is 1.17. The summed E-state index contributed by atoms with van der Waals surface area (Å²) in [7, 11) is 0. The van der Waals surface area contributed by atoms with Crippen molar-refractivity contribution in [1.29, 1.82) is 0 Å². The van der Waals surface area contributed by atoms with Crippen molar-refractivity contribution in [3.8, 4) is 11.5 Å². The van der Waals surface area contributed by atoms with Gasteiger partial charge in [0.25, 0.3) is 0 Å². The topological polar surface area (TPSA) is 18.5 Å². The van der Waals surface area contributed by atoms with Crippen LogP contribution in [-0.2, 0) is 4.43 Å². The van der Waals surface area contributed by atoms with Crippen molar-refractivity contribution in [2.75, 3.05) is 13.2 Å². The number of ether oxygens (including phenoxy) is 2. The standard InChI is InChI=1S/C10H10ClIO2/c11-8-4-7(6-12)5-9-10(8)14-3-1-2-13-9/h4-5H,1-3,6H2. The fraction of sp³-hybridized carbons (Fsp3) is 0.400. The molecule has 0 aliphatic carbocycles. The Morgan fingerprint density at radius 3 is 2.86 bits per heavy atom. The van der Waals surface area contributed by atoms with E-state index < -0.39 is 0 Å². The maximum Gasteiger partial charge on any atom is 0.179 e. The number of rotatable bonds is 1. The Morgan fingerprint density at radius 2 is 2.07 bits per heavy atom. The van der Waals surface area contributed by atoms with Gasteiger partial charge in [0, 0.05) is 10.8 Å². The van der Waals surface area contributed by atoms with Gasteiger partial charge in [0.15, 0.2) is 11.5 Å². The van der Waals surface area contributed by atoms with Crippen LogP contribution in [0.1, 0.15) is 12.0 Å². The van der Waals surface area contributed by atoms with E-state index >= 15 is 0 Å². The minimum Gasteiger partial charge on any atom is -0.489 e. The largest absolute Gasteiger partial charge is 0.489 e. The summed E-state index contributed by atoms with van der Waals surface area (Å²) in [6, 6.07) is 3.93. The molecule has 0 amide bonds. The summed E-state index contributed by atoms with van der Waals surface area (Å²) in [5.74, 6) is 1.47. The van der Waals surface area contributed by atoms with Crippen molar-refractivity contribution < 1.29 is 9.47 Å². The summed E-state index contributed by atoms with van der Waals surface area (Å²) in [5, 5.41) is 0.649. The molecule has 1 heterocycles. The number of hydrogen-bond donors (Lipinski definition) is 0. The van der Waals surface area contributed by atoms with E-state index in [4.69, 9.17) is 21.1 Å². The third-order valence-electron chi connectivity index (χ3n) is 2.02. The highest BCUT2D eigenvalue weighted by molar-refractivity contribution is 14.1. The van der Waals surface area contributed by atoms with Crippen molar-refractivity contribution >= 4 is 34.2 Å². The second kappa shape index (κ2) is 4.57. The van der Waals surface area contributed by atoms with Crippen LogP contribution in [0.4, 0.5) is 0 Å². The van der Waals surface area contributed by atoms with Crippen LogP contribution in [-0.4, -0.2) is 13.2 Å². The molecule has 0 unspecified atom stereocenters. The van der Waals surface area contributed by atoms with Gasteiger partial charge in [0.1, 0.15) is 0 Å². The third kappa shape index (κ3) is 2.08. The molecule has 2 nitrogen and oxygen atoms in total. The molecule has 2 rings (SSSR count). The highest BCUT2D eigenvalue weighted by atomic mass is 127. The summed E-state index contributed by atoms with van der Waals surface area (Å²) in [6.07, 6.45) is 0.907. The van der Waals surface area contributed by atoms with E-state index in [0.29, 0.717) is 24.0 Å². The minimum atomic E-state index is 0.649. The molecule has 0 N–H and O–H groups in total. The first-order valence-corrected chi connectivity index (χ1v) is 6.35. The lowest BCUT2D eigenvalue weighted by Crippen LogP contribution is -1.97.